The molecule has 0 spiro atoms. The molecule has 1 aromatic carbocycles. The first-order chi connectivity index (χ1) is 26.0. The summed E-state index contributed by atoms with van der Waals surface area (Å²) in [4.78, 5) is 49.5. The highest BCUT2D eigenvalue weighted by atomic mass is 16.2. The number of nitrogens with one attached hydrogen (secondary N) is 3. The van der Waals surface area contributed by atoms with Gasteiger partial charge >= 0.3 is 12.1 Å². The predicted octanol–water partition coefficient (Wildman–Crippen LogP) is 4.56. The largest absolute Gasteiger partial charge is 0.342 e. The lowest BCUT2D eigenvalue weighted by atomic mass is 9.89. The van der Waals surface area contributed by atoms with Crippen LogP contribution in [0.3, 0.4) is 0 Å². The molecule has 11 heteroatoms. The lowest BCUT2D eigenvalue weighted by Gasteiger charge is -2.44. The fraction of sp³-hybridized carbons (Fsp3) is 0.786. The van der Waals surface area contributed by atoms with E-state index >= 15 is 0 Å². The van der Waals surface area contributed by atoms with Gasteiger partial charge in [-0.2, -0.15) is 0 Å². The van der Waals surface area contributed by atoms with Gasteiger partial charge in [-0.1, -0.05) is 56.0 Å². The number of carbonyl (C=O) groups excluding carboxylic acids is 3. The van der Waals surface area contributed by atoms with Gasteiger partial charge in [0.15, 0.2) is 0 Å². The van der Waals surface area contributed by atoms with E-state index in [1.807, 2.05) is 35.2 Å². The van der Waals surface area contributed by atoms with Crippen molar-refractivity contribution < 1.29 is 14.4 Å². The molecule has 2 aliphatic carbocycles. The van der Waals surface area contributed by atoms with Crippen LogP contribution in [0.4, 0.5) is 9.59 Å². The van der Waals surface area contributed by atoms with Crippen molar-refractivity contribution in [1.82, 2.24) is 40.4 Å². The summed E-state index contributed by atoms with van der Waals surface area (Å²) in [6.45, 7) is 8.59. The molecule has 6 saturated heterocycles. The van der Waals surface area contributed by atoms with Crippen LogP contribution in [-0.2, 0) is 11.2 Å². The average molecular weight is 731 g/mol. The minimum Gasteiger partial charge on any atom is -0.342 e. The maximum Gasteiger partial charge on any atom is 0.318 e. The van der Waals surface area contributed by atoms with Gasteiger partial charge in [0, 0.05) is 63.4 Å². The normalized spacial score (nSPS) is 31.4. The molecule has 8 fully saturated rings. The van der Waals surface area contributed by atoms with Crippen LogP contribution in [0.1, 0.15) is 108 Å². The number of piperidine rings is 4. The number of rotatable bonds is 6. The second-order valence-electron chi connectivity index (χ2n) is 17.4. The van der Waals surface area contributed by atoms with Crippen LogP contribution in [0, 0.1) is 0 Å². The van der Waals surface area contributed by atoms with E-state index in [0.717, 1.165) is 69.9 Å². The molecule has 0 unspecified atom stereocenters. The Labute approximate surface area is 317 Å². The van der Waals surface area contributed by atoms with Crippen molar-refractivity contribution in [1.29, 1.82) is 0 Å². The van der Waals surface area contributed by atoms with E-state index in [1.54, 1.807) is 0 Å². The van der Waals surface area contributed by atoms with Crippen molar-refractivity contribution in [3.8, 4) is 0 Å². The molecule has 4 atom stereocenters. The Morgan fingerprint density at radius 3 is 1.51 bits per heavy atom. The van der Waals surface area contributed by atoms with Crippen LogP contribution in [-0.4, -0.2) is 143 Å². The molecular weight excluding hydrogens is 665 g/mol. The number of urea groups is 2. The van der Waals surface area contributed by atoms with Crippen LogP contribution in [0.25, 0.3) is 0 Å². The first kappa shape index (κ1) is 37.1. The number of likely N-dealkylation sites (tertiary alicyclic amines) is 3. The highest BCUT2D eigenvalue weighted by Crippen LogP contribution is 2.34. The molecule has 3 N–H and O–H groups in total. The molecule has 11 nitrogen and oxygen atoms in total. The first-order valence-corrected chi connectivity index (χ1v) is 21.7. The molecule has 1 aromatic rings. The predicted molar refractivity (Wildman–Crippen MR) is 208 cm³/mol. The minimum atomic E-state index is 0.181. The van der Waals surface area contributed by atoms with Crippen LogP contribution < -0.4 is 16.0 Å². The van der Waals surface area contributed by atoms with Crippen molar-refractivity contribution in [2.75, 3.05) is 52.4 Å². The lowest BCUT2D eigenvalue weighted by Crippen LogP contribution is -2.53. The molecule has 6 heterocycles. The van der Waals surface area contributed by atoms with Gasteiger partial charge < -0.3 is 40.4 Å². The summed E-state index contributed by atoms with van der Waals surface area (Å²) in [6.07, 6.45) is 19.5. The van der Waals surface area contributed by atoms with E-state index in [1.165, 1.54) is 96.8 Å². The Hall–Kier alpha value is -2.89. The van der Waals surface area contributed by atoms with E-state index in [4.69, 9.17) is 0 Å². The Morgan fingerprint density at radius 2 is 1.00 bits per heavy atom. The van der Waals surface area contributed by atoms with Gasteiger partial charge in [0.1, 0.15) is 0 Å². The van der Waals surface area contributed by atoms with Crippen LogP contribution >= 0.6 is 0 Å². The summed E-state index contributed by atoms with van der Waals surface area (Å²) in [5.74, 6) is 0.255. The number of nitrogens with zero attached hydrogens (tertiary/aromatic N) is 5. The van der Waals surface area contributed by atoms with E-state index in [-0.39, 0.29) is 18.0 Å². The van der Waals surface area contributed by atoms with E-state index in [2.05, 4.69) is 35.6 Å². The van der Waals surface area contributed by atoms with Crippen LogP contribution in [0.2, 0.25) is 0 Å². The SMILES string of the molecule is O=C(Cc1ccccc1)N1CCC(N2CCC(N3C(=O)N[C@@H]4CCCC[C@H]43)CC2)CC1.O=C1N[C@@H]2CCCC[C@H]2N1C1CCN(C2CCNCC2)CC1. The van der Waals surface area contributed by atoms with E-state index < -0.39 is 0 Å². The van der Waals surface area contributed by atoms with Crippen molar-refractivity contribution in [3.63, 3.8) is 0 Å². The van der Waals surface area contributed by atoms with E-state index in [9.17, 15) is 14.4 Å². The number of benzene rings is 1. The number of hydrogen-bond donors (Lipinski definition) is 3. The Morgan fingerprint density at radius 1 is 0.547 bits per heavy atom. The molecule has 292 valence electrons. The fourth-order valence-corrected chi connectivity index (χ4v) is 11.5. The molecule has 0 radical (unpaired) electrons. The van der Waals surface area contributed by atoms with Crippen LogP contribution in [0.5, 0.6) is 0 Å². The topological polar surface area (TPSA) is 104 Å². The Balaban J connectivity index is 0.000000160. The summed E-state index contributed by atoms with van der Waals surface area (Å²) < 4.78 is 0. The molecule has 6 aliphatic heterocycles. The smallest absolute Gasteiger partial charge is 0.318 e. The standard InChI is InChI=1S/C25H36N4O2.C17H30N4O/c30-24(18-19-6-2-1-3-7-19)28-16-10-20(11-17-28)27-14-12-21(13-15-27)29-23-9-5-4-8-22(23)26-25(29)31;22-17-19-15-3-1-2-4-16(15)21(17)14-7-11-20(12-8-14)13-5-9-18-10-6-13/h1-3,6-7,20-23H,4-5,8-18H2,(H,26,31);13-16,18H,1-12H2,(H,19,22)/t22-,23-;15-,16-/m11/s1. The third kappa shape index (κ3) is 8.52. The molecule has 0 bridgehead atoms. The van der Waals surface area contributed by atoms with Gasteiger partial charge in [-0.3, -0.25) is 4.79 Å². The highest BCUT2D eigenvalue weighted by molar-refractivity contribution is 5.79. The first-order valence-electron chi connectivity index (χ1n) is 21.7. The molecule has 53 heavy (non-hydrogen) atoms. The Kier molecular flexibility index (Phi) is 12.1. The van der Waals surface area contributed by atoms with Gasteiger partial charge in [0.05, 0.1) is 30.6 Å². The number of carbonyl (C=O) groups is 3. The van der Waals surface area contributed by atoms with Crippen molar-refractivity contribution >= 4 is 18.0 Å². The zero-order valence-corrected chi connectivity index (χ0v) is 32.1. The Bertz CT molecular complexity index is 1370. The van der Waals surface area contributed by atoms with Gasteiger partial charge in [-0.25, -0.2) is 9.59 Å². The lowest BCUT2D eigenvalue weighted by molar-refractivity contribution is -0.132. The summed E-state index contributed by atoms with van der Waals surface area (Å²) in [6, 6.07) is 14.4. The molecule has 5 amide bonds. The second kappa shape index (κ2) is 17.3. The summed E-state index contributed by atoms with van der Waals surface area (Å²) >= 11 is 0. The highest BCUT2D eigenvalue weighted by Gasteiger charge is 2.46. The molecule has 0 aromatic heterocycles. The summed E-state index contributed by atoms with van der Waals surface area (Å²) in [5, 5.41) is 9.95. The van der Waals surface area contributed by atoms with Gasteiger partial charge in [0.2, 0.25) is 5.91 Å². The zero-order chi connectivity index (χ0) is 36.1. The van der Waals surface area contributed by atoms with Gasteiger partial charge in [-0.15, -0.1) is 0 Å². The average Bonchev–Trinajstić information content (AvgIpc) is 3.74. The zero-order valence-electron chi connectivity index (χ0n) is 32.1. The molecular formula is C42H66N8O3. The quantitative estimate of drug-likeness (QED) is 0.397. The molecule has 2 saturated carbocycles. The third-order valence-electron chi connectivity index (χ3n) is 14.4. The van der Waals surface area contributed by atoms with Crippen molar-refractivity contribution in [2.45, 2.75) is 157 Å². The van der Waals surface area contributed by atoms with Crippen molar-refractivity contribution in [2.24, 2.45) is 0 Å². The van der Waals surface area contributed by atoms with Crippen LogP contribution in [0.15, 0.2) is 30.3 Å². The fourth-order valence-electron chi connectivity index (χ4n) is 11.5. The molecule has 9 rings (SSSR count). The molecule has 8 aliphatic rings. The maximum atomic E-state index is 12.7. The van der Waals surface area contributed by atoms with E-state index in [0.29, 0.717) is 48.7 Å². The second-order valence-corrected chi connectivity index (χ2v) is 17.4. The number of hydrogen-bond acceptors (Lipinski definition) is 6. The number of amides is 5. The summed E-state index contributed by atoms with van der Waals surface area (Å²) in [7, 11) is 0. The number of fused-ring (bicyclic) bond motifs is 2. The summed E-state index contributed by atoms with van der Waals surface area (Å²) in [5.41, 5.74) is 1.10. The van der Waals surface area contributed by atoms with Gasteiger partial charge in [0.25, 0.3) is 0 Å². The maximum absolute atomic E-state index is 12.7. The van der Waals surface area contributed by atoms with Gasteiger partial charge in [-0.05, 0) is 95.7 Å². The van der Waals surface area contributed by atoms with Crippen molar-refractivity contribution in [3.05, 3.63) is 35.9 Å². The minimum absolute atomic E-state index is 0.181. The third-order valence-corrected chi connectivity index (χ3v) is 14.4. The monoisotopic (exact) mass is 731 g/mol.